The van der Waals surface area contributed by atoms with Gasteiger partial charge in [-0.25, -0.2) is 0 Å². The fourth-order valence-corrected chi connectivity index (χ4v) is 1.79. The second-order valence-corrected chi connectivity index (χ2v) is 4.21. The van der Waals surface area contributed by atoms with Crippen LogP contribution in [0.5, 0.6) is 5.75 Å². The third kappa shape index (κ3) is 3.31. The van der Waals surface area contributed by atoms with E-state index in [1.165, 1.54) is 5.56 Å². The molecule has 0 N–H and O–H groups in total. The minimum Gasteiger partial charge on any atom is -0.493 e. The maximum Gasteiger partial charge on any atom is 0.124 e. The van der Waals surface area contributed by atoms with Crippen LogP contribution in [0.1, 0.15) is 18.9 Å². The molecule has 1 aromatic rings. The second-order valence-electron chi connectivity index (χ2n) is 2.73. The Morgan fingerprint density at radius 3 is 2.77 bits per heavy atom. The molecule has 0 bridgehead atoms. The van der Waals surface area contributed by atoms with Gasteiger partial charge in [0.15, 0.2) is 0 Å². The molecule has 0 saturated carbocycles. The quantitative estimate of drug-likeness (QED) is 0.760. The maximum absolute atomic E-state index is 5.60. The Kier molecular flexibility index (Phi) is 4.81. The van der Waals surface area contributed by atoms with Crippen LogP contribution in [0, 0.1) is 0 Å². The van der Waals surface area contributed by atoms with Gasteiger partial charge in [0.2, 0.25) is 0 Å². The Balaban J connectivity index is 2.81. The minimum absolute atomic E-state index is 0.774. The number of rotatable bonds is 4. The molecule has 0 amide bonds. The van der Waals surface area contributed by atoms with Crippen molar-refractivity contribution in [3.63, 3.8) is 0 Å². The molecule has 0 unspecified atom stereocenters. The van der Waals surface area contributed by atoms with Crippen LogP contribution in [0.25, 0.3) is 0 Å². The van der Waals surface area contributed by atoms with Crippen molar-refractivity contribution in [3.05, 3.63) is 28.2 Å². The Morgan fingerprint density at radius 2 is 2.15 bits per heavy atom. The van der Waals surface area contributed by atoms with Gasteiger partial charge in [-0.3, -0.25) is 0 Å². The van der Waals surface area contributed by atoms with Gasteiger partial charge in [-0.15, -0.1) is 0 Å². The van der Waals surface area contributed by atoms with Crippen molar-refractivity contribution in [1.82, 2.24) is 0 Å². The lowest BCUT2D eigenvalue weighted by atomic mass is 10.2. The number of hydrogen-bond acceptors (Lipinski definition) is 1. The van der Waals surface area contributed by atoms with E-state index < -0.39 is 0 Å². The van der Waals surface area contributed by atoms with Crippen molar-refractivity contribution in [3.8, 4) is 5.75 Å². The number of benzene rings is 1. The standard InChI is InChI=1S/C10H12Br2O/c1-2-5-13-10-6-9(12)4-3-8(10)7-11/h3-4,6H,2,5,7H2,1H3. The SMILES string of the molecule is CCCOc1cc(Br)ccc1CBr. The van der Waals surface area contributed by atoms with Crippen LogP contribution < -0.4 is 4.74 Å². The molecule has 0 fully saturated rings. The van der Waals surface area contributed by atoms with Gasteiger partial charge >= 0.3 is 0 Å². The van der Waals surface area contributed by atoms with E-state index in [0.717, 1.165) is 28.6 Å². The molecule has 0 aliphatic carbocycles. The van der Waals surface area contributed by atoms with Crippen LogP contribution >= 0.6 is 31.9 Å². The summed E-state index contributed by atoms with van der Waals surface area (Å²) in [7, 11) is 0. The van der Waals surface area contributed by atoms with Gasteiger partial charge in [-0.1, -0.05) is 44.8 Å². The van der Waals surface area contributed by atoms with Crippen LogP contribution in [-0.2, 0) is 5.33 Å². The third-order valence-electron chi connectivity index (χ3n) is 1.63. The summed E-state index contributed by atoms with van der Waals surface area (Å²) in [4.78, 5) is 0. The van der Waals surface area contributed by atoms with E-state index in [1.807, 2.05) is 12.1 Å². The van der Waals surface area contributed by atoms with Crippen molar-refractivity contribution in [2.45, 2.75) is 18.7 Å². The van der Waals surface area contributed by atoms with Crippen molar-refractivity contribution >= 4 is 31.9 Å². The average molecular weight is 308 g/mol. The topological polar surface area (TPSA) is 9.23 Å². The fourth-order valence-electron chi connectivity index (χ4n) is 0.985. The average Bonchev–Trinajstić information content (AvgIpc) is 2.15. The first-order valence-electron chi connectivity index (χ1n) is 4.25. The van der Waals surface area contributed by atoms with Crippen LogP contribution in [0.2, 0.25) is 0 Å². The van der Waals surface area contributed by atoms with Gasteiger partial charge in [-0.05, 0) is 18.6 Å². The van der Waals surface area contributed by atoms with Gasteiger partial charge in [0, 0.05) is 15.4 Å². The van der Waals surface area contributed by atoms with E-state index in [2.05, 4.69) is 44.8 Å². The summed E-state index contributed by atoms with van der Waals surface area (Å²) in [5, 5.41) is 0.833. The maximum atomic E-state index is 5.60. The normalized spacial score (nSPS) is 10.1. The molecule has 1 nitrogen and oxygen atoms in total. The van der Waals surface area contributed by atoms with E-state index in [9.17, 15) is 0 Å². The van der Waals surface area contributed by atoms with Crippen LogP contribution in [0.3, 0.4) is 0 Å². The highest BCUT2D eigenvalue weighted by molar-refractivity contribution is 9.10. The zero-order chi connectivity index (χ0) is 9.68. The molecule has 72 valence electrons. The van der Waals surface area contributed by atoms with Crippen molar-refractivity contribution in [2.75, 3.05) is 6.61 Å². The first-order valence-corrected chi connectivity index (χ1v) is 6.16. The molecule has 0 saturated heterocycles. The van der Waals surface area contributed by atoms with Crippen molar-refractivity contribution < 1.29 is 4.74 Å². The molecule has 0 radical (unpaired) electrons. The zero-order valence-electron chi connectivity index (χ0n) is 7.52. The smallest absolute Gasteiger partial charge is 0.124 e. The first-order chi connectivity index (χ1) is 6.27. The number of ether oxygens (including phenoxy) is 1. The van der Waals surface area contributed by atoms with Gasteiger partial charge in [0.1, 0.15) is 5.75 Å². The monoisotopic (exact) mass is 306 g/mol. The summed E-state index contributed by atoms with van der Waals surface area (Å²) in [5.41, 5.74) is 1.19. The van der Waals surface area contributed by atoms with E-state index in [0.29, 0.717) is 0 Å². The first kappa shape index (κ1) is 11.1. The van der Waals surface area contributed by atoms with E-state index in [1.54, 1.807) is 0 Å². The Labute approximate surface area is 95.7 Å². The van der Waals surface area contributed by atoms with Gasteiger partial charge in [0.05, 0.1) is 6.61 Å². The fraction of sp³-hybridized carbons (Fsp3) is 0.400. The minimum atomic E-state index is 0.774. The lowest BCUT2D eigenvalue weighted by molar-refractivity contribution is 0.315. The highest BCUT2D eigenvalue weighted by Crippen LogP contribution is 2.25. The summed E-state index contributed by atoms with van der Waals surface area (Å²) >= 11 is 6.85. The molecule has 0 spiro atoms. The third-order valence-corrected chi connectivity index (χ3v) is 2.73. The highest BCUT2D eigenvalue weighted by Gasteiger charge is 2.02. The summed E-state index contributed by atoms with van der Waals surface area (Å²) in [6.45, 7) is 2.88. The van der Waals surface area contributed by atoms with E-state index in [-0.39, 0.29) is 0 Å². The molecular formula is C10H12Br2O. The Hall–Kier alpha value is -0.0200. The predicted octanol–water partition coefficient (Wildman–Crippen LogP) is 4.13. The summed E-state index contributed by atoms with van der Waals surface area (Å²) < 4.78 is 6.66. The predicted molar refractivity (Wildman–Crippen MR) is 62.6 cm³/mol. The number of hydrogen-bond donors (Lipinski definition) is 0. The van der Waals surface area contributed by atoms with Gasteiger partial charge < -0.3 is 4.74 Å². The van der Waals surface area contributed by atoms with Crippen molar-refractivity contribution in [1.29, 1.82) is 0 Å². The summed E-state index contributed by atoms with van der Waals surface area (Å²) in [6, 6.07) is 6.09. The lowest BCUT2D eigenvalue weighted by Crippen LogP contribution is -1.97. The molecule has 3 heteroatoms. The number of halogens is 2. The van der Waals surface area contributed by atoms with Crippen LogP contribution in [0.4, 0.5) is 0 Å². The molecule has 1 rings (SSSR count). The van der Waals surface area contributed by atoms with Crippen LogP contribution in [-0.4, -0.2) is 6.61 Å². The summed E-state index contributed by atoms with van der Waals surface area (Å²) in [5.74, 6) is 0.966. The zero-order valence-corrected chi connectivity index (χ0v) is 10.7. The molecule has 0 heterocycles. The molecular weight excluding hydrogens is 296 g/mol. The lowest BCUT2D eigenvalue weighted by Gasteiger charge is -2.09. The molecule has 0 aliphatic heterocycles. The molecule has 13 heavy (non-hydrogen) atoms. The van der Waals surface area contributed by atoms with E-state index >= 15 is 0 Å². The molecule has 0 aromatic heterocycles. The van der Waals surface area contributed by atoms with Gasteiger partial charge in [-0.2, -0.15) is 0 Å². The Bertz CT molecular complexity index is 274. The molecule has 0 atom stereocenters. The highest BCUT2D eigenvalue weighted by atomic mass is 79.9. The molecule has 0 aliphatic rings. The Morgan fingerprint density at radius 1 is 1.38 bits per heavy atom. The molecule has 1 aromatic carbocycles. The number of alkyl halides is 1. The second kappa shape index (κ2) is 5.66. The summed E-state index contributed by atoms with van der Waals surface area (Å²) in [6.07, 6.45) is 1.04. The largest absolute Gasteiger partial charge is 0.493 e. The van der Waals surface area contributed by atoms with Gasteiger partial charge in [0.25, 0.3) is 0 Å². The van der Waals surface area contributed by atoms with E-state index in [4.69, 9.17) is 4.74 Å². The van der Waals surface area contributed by atoms with Crippen LogP contribution in [0.15, 0.2) is 22.7 Å². The van der Waals surface area contributed by atoms with Crippen molar-refractivity contribution in [2.24, 2.45) is 0 Å².